The van der Waals surface area contributed by atoms with Gasteiger partial charge in [0.05, 0.1) is 6.61 Å². The molecule has 0 aliphatic rings. The first-order valence-corrected chi connectivity index (χ1v) is 9.57. The highest BCUT2D eigenvalue weighted by molar-refractivity contribution is 5.89. The van der Waals surface area contributed by atoms with Gasteiger partial charge in [-0.05, 0) is 47.4 Å². The van der Waals surface area contributed by atoms with Gasteiger partial charge < -0.3 is 14.6 Å². The molecular weight excluding hydrogens is 364 g/mol. The SMILES string of the molecule is CCO/C(=C\c1ccc(OCc2ccccc2)c(Cc2ccccc2)c1)C(=O)O. The van der Waals surface area contributed by atoms with Crippen LogP contribution in [0.2, 0.25) is 0 Å². The Morgan fingerprint density at radius 3 is 2.21 bits per heavy atom. The fourth-order valence-corrected chi connectivity index (χ4v) is 2.99. The number of aliphatic carboxylic acids is 1. The van der Waals surface area contributed by atoms with Gasteiger partial charge in [-0.1, -0.05) is 66.7 Å². The van der Waals surface area contributed by atoms with Crippen LogP contribution in [0.15, 0.2) is 84.6 Å². The van der Waals surface area contributed by atoms with E-state index in [0.717, 1.165) is 28.0 Å². The number of rotatable bonds is 9. The van der Waals surface area contributed by atoms with E-state index < -0.39 is 5.97 Å². The summed E-state index contributed by atoms with van der Waals surface area (Å²) in [4.78, 5) is 11.4. The standard InChI is InChI=1S/C25H24O4/c1-2-28-24(25(26)27)17-21-13-14-23(29-18-20-11-7-4-8-12-20)22(16-21)15-19-9-5-3-6-10-19/h3-14,16-17H,2,15,18H2,1H3,(H,26,27)/b24-17-. The van der Waals surface area contributed by atoms with E-state index in [9.17, 15) is 9.90 Å². The Balaban J connectivity index is 1.90. The first-order valence-electron chi connectivity index (χ1n) is 9.57. The van der Waals surface area contributed by atoms with Crippen molar-refractivity contribution in [3.63, 3.8) is 0 Å². The molecule has 4 nitrogen and oxygen atoms in total. The van der Waals surface area contributed by atoms with Crippen LogP contribution >= 0.6 is 0 Å². The highest BCUT2D eigenvalue weighted by Gasteiger charge is 2.11. The highest BCUT2D eigenvalue weighted by atomic mass is 16.5. The number of hydrogen-bond acceptors (Lipinski definition) is 3. The zero-order valence-electron chi connectivity index (χ0n) is 16.4. The topological polar surface area (TPSA) is 55.8 Å². The van der Waals surface area contributed by atoms with Crippen molar-refractivity contribution in [2.75, 3.05) is 6.61 Å². The van der Waals surface area contributed by atoms with Crippen molar-refractivity contribution >= 4 is 12.0 Å². The van der Waals surface area contributed by atoms with Gasteiger partial charge in [0.15, 0.2) is 0 Å². The summed E-state index contributed by atoms with van der Waals surface area (Å²) in [6, 6.07) is 25.8. The maximum atomic E-state index is 11.4. The zero-order chi connectivity index (χ0) is 20.5. The molecular formula is C25H24O4. The molecule has 0 heterocycles. The third-order valence-corrected chi connectivity index (χ3v) is 4.37. The Bertz CT molecular complexity index is 963. The molecule has 0 fully saturated rings. The van der Waals surface area contributed by atoms with Gasteiger partial charge in [-0.3, -0.25) is 0 Å². The largest absolute Gasteiger partial charge is 0.489 e. The van der Waals surface area contributed by atoms with Crippen LogP contribution in [0, 0.1) is 0 Å². The molecule has 3 rings (SSSR count). The molecule has 0 saturated heterocycles. The first-order chi connectivity index (χ1) is 14.2. The smallest absolute Gasteiger partial charge is 0.371 e. The Hall–Kier alpha value is -3.53. The van der Waals surface area contributed by atoms with E-state index in [4.69, 9.17) is 9.47 Å². The molecule has 0 atom stereocenters. The number of ether oxygens (including phenoxy) is 2. The van der Waals surface area contributed by atoms with E-state index in [1.54, 1.807) is 13.0 Å². The minimum Gasteiger partial charge on any atom is -0.489 e. The number of carboxylic acids is 1. The molecule has 0 aromatic heterocycles. The van der Waals surface area contributed by atoms with Crippen LogP contribution in [-0.4, -0.2) is 17.7 Å². The minimum atomic E-state index is -1.08. The second-order valence-electron chi connectivity index (χ2n) is 6.55. The molecule has 0 saturated carbocycles. The molecule has 0 radical (unpaired) electrons. The maximum absolute atomic E-state index is 11.4. The summed E-state index contributed by atoms with van der Waals surface area (Å²) in [6.07, 6.45) is 2.23. The van der Waals surface area contributed by atoms with Gasteiger partial charge in [0, 0.05) is 6.42 Å². The monoisotopic (exact) mass is 388 g/mol. The quantitative estimate of drug-likeness (QED) is 0.398. The molecule has 0 bridgehead atoms. The van der Waals surface area contributed by atoms with Crippen molar-refractivity contribution in [2.45, 2.75) is 20.0 Å². The molecule has 0 unspecified atom stereocenters. The minimum absolute atomic E-state index is 0.0730. The van der Waals surface area contributed by atoms with Crippen LogP contribution in [0.4, 0.5) is 0 Å². The van der Waals surface area contributed by atoms with Crippen molar-refractivity contribution in [1.29, 1.82) is 0 Å². The zero-order valence-corrected chi connectivity index (χ0v) is 16.4. The average Bonchev–Trinajstić information content (AvgIpc) is 2.74. The Labute approximate surface area is 171 Å². The fraction of sp³-hybridized carbons (Fsp3) is 0.160. The lowest BCUT2D eigenvalue weighted by Gasteiger charge is -2.13. The highest BCUT2D eigenvalue weighted by Crippen LogP contribution is 2.26. The molecule has 1 N–H and O–H groups in total. The lowest BCUT2D eigenvalue weighted by molar-refractivity contribution is -0.136. The van der Waals surface area contributed by atoms with Crippen molar-refractivity contribution in [2.24, 2.45) is 0 Å². The number of carboxylic acid groups (broad SMARTS) is 1. The predicted molar refractivity (Wildman–Crippen MR) is 114 cm³/mol. The molecule has 0 amide bonds. The maximum Gasteiger partial charge on any atom is 0.371 e. The van der Waals surface area contributed by atoms with E-state index in [1.165, 1.54) is 0 Å². The Kier molecular flexibility index (Phi) is 7.06. The lowest BCUT2D eigenvalue weighted by atomic mass is 10.0. The third-order valence-electron chi connectivity index (χ3n) is 4.37. The van der Waals surface area contributed by atoms with E-state index in [2.05, 4.69) is 12.1 Å². The second kappa shape index (κ2) is 10.1. The van der Waals surface area contributed by atoms with Gasteiger partial charge in [0.2, 0.25) is 5.76 Å². The molecule has 0 spiro atoms. The van der Waals surface area contributed by atoms with Crippen molar-refractivity contribution in [3.05, 3.63) is 107 Å². The van der Waals surface area contributed by atoms with Gasteiger partial charge in [0.1, 0.15) is 12.4 Å². The second-order valence-corrected chi connectivity index (χ2v) is 6.55. The fourth-order valence-electron chi connectivity index (χ4n) is 2.99. The molecule has 0 aliphatic heterocycles. The normalized spacial score (nSPS) is 11.1. The lowest BCUT2D eigenvalue weighted by Crippen LogP contribution is -2.05. The molecule has 3 aromatic rings. The summed E-state index contributed by atoms with van der Waals surface area (Å²) in [5.41, 5.74) is 3.99. The first kappa shape index (κ1) is 20.2. The van der Waals surface area contributed by atoms with Gasteiger partial charge in [-0.2, -0.15) is 0 Å². The van der Waals surface area contributed by atoms with Gasteiger partial charge in [-0.25, -0.2) is 4.79 Å². The predicted octanol–water partition coefficient (Wildman–Crippen LogP) is 5.32. The van der Waals surface area contributed by atoms with Gasteiger partial charge >= 0.3 is 5.97 Å². The van der Waals surface area contributed by atoms with Crippen LogP contribution in [0.5, 0.6) is 5.75 Å². The van der Waals surface area contributed by atoms with Crippen LogP contribution in [0.25, 0.3) is 6.08 Å². The Morgan fingerprint density at radius 1 is 0.931 bits per heavy atom. The van der Waals surface area contributed by atoms with Crippen LogP contribution in [-0.2, 0) is 22.6 Å². The summed E-state index contributed by atoms with van der Waals surface area (Å²) in [6.45, 7) is 2.53. The van der Waals surface area contributed by atoms with Crippen LogP contribution in [0.1, 0.15) is 29.2 Å². The molecule has 3 aromatic carbocycles. The van der Waals surface area contributed by atoms with Crippen LogP contribution in [0.3, 0.4) is 0 Å². The number of benzene rings is 3. The van der Waals surface area contributed by atoms with E-state index in [1.807, 2.05) is 66.7 Å². The molecule has 29 heavy (non-hydrogen) atoms. The van der Waals surface area contributed by atoms with Crippen molar-refractivity contribution in [1.82, 2.24) is 0 Å². The summed E-state index contributed by atoms with van der Waals surface area (Å²) in [7, 11) is 0. The number of carbonyl (C=O) groups is 1. The molecule has 148 valence electrons. The molecule has 4 heteroatoms. The third kappa shape index (κ3) is 5.98. The van der Waals surface area contributed by atoms with E-state index >= 15 is 0 Å². The summed E-state index contributed by atoms with van der Waals surface area (Å²) >= 11 is 0. The van der Waals surface area contributed by atoms with Gasteiger partial charge in [0.25, 0.3) is 0 Å². The van der Waals surface area contributed by atoms with E-state index in [-0.39, 0.29) is 5.76 Å². The van der Waals surface area contributed by atoms with Crippen molar-refractivity contribution < 1.29 is 19.4 Å². The molecule has 0 aliphatic carbocycles. The average molecular weight is 388 g/mol. The van der Waals surface area contributed by atoms with Crippen LogP contribution < -0.4 is 4.74 Å². The summed E-state index contributed by atoms with van der Waals surface area (Å²) in [5, 5.41) is 9.32. The van der Waals surface area contributed by atoms with Crippen molar-refractivity contribution in [3.8, 4) is 5.75 Å². The Morgan fingerprint density at radius 2 is 1.59 bits per heavy atom. The van der Waals surface area contributed by atoms with Gasteiger partial charge in [-0.15, -0.1) is 0 Å². The van der Waals surface area contributed by atoms with E-state index in [0.29, 0.717) is 19.6 Å². The summed E-state index contributed by atoms with van der Waals surface area (Å²) in [5.74, 6) is -0.375. The summed E-state index contributed by atoms with van der Waals surface area (Å²) < 4.78 is 11.3. The number of hydrogen-bond donors (Lipinski definition) is 1.